The van der Waals surface area contributed by atoms with E-state index in [2.05, 4.69) is 151 Å². The number of fused-ring (bicyclic) bond motifs is 5. The molecule has 1 aliphatic rings. The zero-order valence-electron chi connectivity index (χ0n) is 30.3. The van der Waals surface area contributed by atoms with Crippen molar-refractivity contribution in [3.63, 3.8) is 0 Å². The minimum Gasteiger partial charge on any atom is -0.308 e. The maximum absolute atomic E-state index is 15.9. The highest BCUT2D eigenvalue weighted by atomic mass is 31.2. The summed E-state index contributed by atoms with van der Waals surface area (Å²) in [6.07, 6.45) is 0.750. The topological polar surface area (TPSA) is 34.9 Å². The molecule has 0 spiro atoms. The number of hydrogen-bond acceptors (Lipinski definition) is 2. The number of aromatic nitrogens is 2. The van der Waals surface area contributed by atoms with E-state index < -0.39 is 7.14 Å². The standard InChI is InChI=1S/C51H35N2OP/c1-2-48-52-44-22-13-23-47-51(44)53(48)45-32-38(27-29-46(45)55(47,54)39-18-7-4-8-19-39)50-41-21-12-11-20-40(41)49(37-25-24-34-16-9-10-17-35(34)30-37)42-28-26-36(31-43(42)50)33-14-5-3-6-15-33/h3-32H,2H2,1H3. The number of hydrogen-bond donors (Lipinski definition) is 0. The van der Waals surface area contributed by atoms with E-state index in [9.17, 15) is 0 Å². The molecule has 0 amide bonds. The van der Waals surface area contributed by atoms with E-state index in [-0.39, 0.29) is 0 Å². The molecule has 2 heterocycles. The maximum Gasteiger partial charge on any atom is 0.175 e. The zero-order valence-corrected chi connectivity index (χ0v) is 31.2. The molecule has 0 fully saturated rings. The fourth-order valence-electron chi connectivity index (χ4n) is 9.03. The van der Waals surface area contributed by atoms with Crippen LogP contribution in [0.25, 0.3) is 82.4 Å². The first-order valence-electron chi connectivity index (χ1n) is 19.0. The van der Waals surface area contributed by atoms with E-state index in [1.807, 2.05) is 42.5 Å². The summed E-state index contributed by atoms with van der Waals surface area (Å²) >= 11 is 0. The number of nitrogens with zero attached hydrogens (tertiary/aromatic N) is 2. The summed E-state index contributed by atoms with van der Waals surface area (Å²) in [5.41, 5.74) is 9.78. The van der Waals surface area contributed by atoms with Crippen molar-refractivity contribution in [1.82, 2.24) is 9.55 Å². The van der Waals surface area contributed by atoms with Gasteiger partial charge in [0.05, 0.1) is 16.7 Å². The van der Waals surface area contributed by atoms with Crippen molar-refractivity contribution in [3.05, 3.63) is 188 Å². The van der Waals surface area contributed by atoms with Crippen LogP contribution in [0.1, 0.15) is 12.7 Å². The van der Waals surface area contributed by atoms with Gasteiger partial charge in [-0.05, 0) is 102 Å². The van der Waals surface area contributed by atoms with Gasteiger partial charge in [-0.15, -0.1) is 0 Å². The van der Waals surface area contributed by atoms with Gasteiger partial charge in [-0.1, -0.05) is 153 Å². The van der Waals surface area contributed by atoms with Gasteiger partial charge < -0.3 is 4.57 Å². The first kappa shape index (κ1) is 31.9. The van der Waals surface area contributed by atoms with Crippen LogP contribution in [0.15, 0.2) is 182 Å². The van der Waals surface area contributed by atoms with Crippen molar-refractivity contribution in [1.29, 1.82) is 0 Å². The number of benzene rings is 9. The fraction of sp³-hybridized carbons (Fsp3) is 0.0392. The Labute approximate surface area is 319 Å². The highest BCUT2D eigenvalue weighted by Gasteiger charge is 2.40. The molecule has 0 N–H and O–H groups in total. The third-order valence-electron chi connectivity index (χ3n) is 11.5. The quantitative estimate of drug-likeness (QED) is 0.131. The highest BCUT2D eigenvalue weighted by molar-refractivity contribution is 7.86. The van der Waals surface area contributed by atoms with Gasteiger partial charge in [-0.2, -0.15) is 0 Å². The fourth-order valence-corrected chi connectivity index (χ4v) is 12.0. The molecule has 0 aliphatic carbocycles. The molecule has 4 heteroatoms. The molecule has 11 rings (SSSR count). The maximum atomic E-state index is 15.9. The van der Waals surface area contributed by atoms with Gasteiger partial charge in [0.25, 0.3) is 0 Å². The third-order valence-corrected chi connectivity index (χ3v) is 14.6. The lowest BCUT2D eigenvalue weighted by atomic mass is 9.84. The summed E-state index contributed by atoms with van der Waals surface area (Å²) in [7, 11) is -3.25. The molecule has 1 aliphatic heterocycles. The largest absolute Gasteiger partial charge is 0.308 e. The van der Waals surface area contributed by atoms with E-state index in [1.165, 1.54) is 60.1 Å². The predicted molar refractivity (Wildman–Crippen MR) is 232 cm³/mol. The van der Waals surface area contributed by atoms with Crippen molar-refractivity contribution in [2.45, 2.75) is 13.3 Å². The molecular formula is C51H35N2OP. The van der Waals surface area contributed by atoms with Gasteiger partial charge in [0.2, 0.25) is 0 Å². The Balaban J connectivity index is 1.26. The average Bonchev–Trinajstić information content (AvgIpc) is 3.64. The van der Waals surface area contributed by atoms with Gasteiger partial charge in [-0.25, -0.2) is 4.98 Å². The van der Waals surface area contributed by atoms with Crippen molar-refractivity contribution in [2.75, 3.05) is 0 Å². The molecule has 10 aromatic rings. The minimum absolute atomic E-state index is 0.750. The summed E-state index contributed by atoms with van der Waals surface area (Å²) in [6.45, 7) is 2.15. The third kappa shape index (κ3) is 4.70. The zero-order chi connectivity index (χ0) is 36.7. The molecule has 0 saturated heterocycles. The van der Waals surface area contributed by atoms with Gasteiger partial charge >= 0.3 is 0 Å². The first-order chi connectivity index (χ1) is 27.1. The Morgan fingerprint density at radius 2 is 1.13 bits per heavy atom. The van der Waals surface area contributed by atoms with E-state index in [4.69, 9.17) is 4.98 Å². The highest BCUT2D eigenvalue weighted by Crippen LogP contribution is 2.51. The van der Waals surface area contributed by atoms with Crippen LogP contribution in [-0.4, -0.2) is 9.55 Å². The lowest BCUT2D eigenvalue weighted by molar-refractivity contribution is 0.592. The molecule has 1 aromatic heterocycles. The molecular weight excluding hydrogens is 688 g/mol. The summed E-state index contributed by atoms with van der Waals surface area (Å²) in [4.78, 5) is 5.12. The van der Waals surface area contributed by atoms with Crippen molar-refractivity contribution >= 4 is 66.4 Å². The SMILES string of the molecule is CCc1nc2cccc3c2n1-c1cc(-c2c4ccccc4c(-c4ccc5ccccc5c4)c4ccc(-c5ccccc5)cc24)ccc1P3(=O)c1ccccc1. The lowest BCUT2D eigenvalue weighted by Crippen LogP contribution is -2.33. The Hall–Kier alpha value is -6.54. The van der Waals surface area contributed by atoms with Crippen LogP contribution in [0.4, 0.5) is 0 Å². The van der Waals surface area contributed by atoms with Crippen LogP contribution in [0.3, 0.4) is 0 Å². The number of imidazole rings is 1. The van der Waals surface area contributed by atoms with E-state index in [0.29, 0.717) is 0 Å². The summed E-state index contributed by atoms with van der Waals surface area (Å²) < 4.78 is 18.2. The number of aryl methyl sites for hydroxylation is 1. The van der Waals surface area contributed by atoms with Gasteiger partial charge in [-0.3, -0.25) is 4.57 Å². The number of para-hydroxylation sites is 1. The normalized spacial score (nSPS) is 14.9. The lowest BCUT2D eigenvalue weighted by Gasteiger charge is -2.30. The van der Waals surface area contributed by atoms with Crippen LogP contribution < -0.4 is 15.9 Å². The molecule has 260 valence electrons. The average molecular weight is 723 g/mol. The molecule has 0 saturated carbocycles. The summed E-state index contributed by atoms with van der Waals surface area (Å²) in [5.74, 6) is 0.966. The van der Waals surface area contributed by atoms with Crippen LogP contribution >= 0.6 is 7.14 Å². The van der Waals surface area contributed by atoms with Crippen molar-refractivity contribution in [2.24, 2.45) is 0 Å². The van der Waals surface area contributed by atoms with Crippen LogP contribution in [0.2, 0.25) is 0 Å². The minimum atomic E-state index is -3.25. The molecule has 1 unspecified atom stereocenters. The molecule has 55 heavy (non-hydrogen) atoms. The number of rotatable bonds is 5. The van der Waals surface area contributed by atoms with Gasteiger partial charge in [0.15, 0.2) is 7.14 Å². The van der Waals surface area contributed by atoms with Gasteiger partial charge in [0.1, 0.15) is 5.82 Å². The Morgan fingerprint density at radius 3 is 1.91 bits per heavy atom. The predicted octanol–water partition coefficient (Wildman–Crippen LogP) is 12.0. The Bertz CT molecular complexity index is 3220. The molecule has 1 atom stereocenters. The summed E-state index contributed by atoms with van der Waals surface area (Å²) in [5, 5.41) is 9.74. The second-order valence-electron chi connectivity index (χ2n) is 14.5. The van der Waals surface area contributed by atoms with Crippen LogP contribution in [0, 0.1) is 0 Å². The Morgan fingerprint density at radius 1 is 0.491 bits per heavy atom. The molecule has 0 radical (unpaired) electrons. The molecule has 0 bridgehead atoms. The Kier molecular flexibility index (Phi) is 7.11. The monoisotopic (exact) mass is 722 g/mol. The van der Waals surface area contributed by atoms with E-state index >= 15 is 4.57 Å². The van der Waals surface area contributed by atoms with Crippen LogP contribution in [-0.2, 0) is 11.0 Å². The van der Waals surface area contributed by atoms with E-state index in [1.54, 1.807) is 0 Å². The smallest absolute Gasteiger partial charge is 0.175 e. The molecule has 3 nitrogen and oxygen atoms in total. The van der Waals surface area contributed by atoms with Crippen molar-refractivity contribution < 1.29 is 4.57 Å². The van der Waals surface area contributed by atoms with E-state index in [0.717, 1.165) is 50.4 Å². The second-order valence-corrected chi connectivity index (χ2v) is 17.2. The van der Waals surface area contributed by atoms with Gasteiger partial charge in [0, 0.05) is 22.3 Å². The second kappa shape index (κ2) is 12.2. The van der Waals surface area contributed by atoms with Crippen LogP contribution in [0.5, 0.6) is 0 Å². The molecule has 9 aromatic carbocycles. The summed E-state index contributed by atoms with van der Waals surface area (Å²) in [6, 6.07) is 64.5. The first-order valence-corrected chi connectivity index (χ1v) is 20.7. The van der Waals surface area contributed by atoms with Crippen molar-refractivity contribution in [3.8, 4) is 39.1 Å².